The van der Waals surface area contributed by atoms with Gasteiger partial charge in [0.2, 0.25) is 5.91 Å². The Kier molecular flexibility index (Phi) is 6.10. The topological polar surface area (TPSA) is 61.4 Å². The van der Waals surface area contributed by atoms with Crippen molar-refractivity contribution in [1.29, 1.82) is 0 Å². The highest BCUT2D eigenvalue weighted by atomic mass is 32.1. The van der Waals surface area contributed by atoms with Gasteiger partial charge in [-0.25, -0.2) is 9.18 Å². The molecule has 2 aromatic rings. The predicted molar refractivity (Wildman–Crippen MR) is 87.4 cm³/mol. The number of carbonyl (C=O) groups is 2. The average Bonchev–Trinajstić information content (AvgIpc) is 3.05. The monoisotopic (exact) mass is 335 g/mol. The predicted octanol–water partition coefficient (Wildman–Crippen LogP) is 2.34. The van der Waals surface area contributed by atoms with Crippen molar-refractivity contribution in [1.82, 2.24) is 15.5 Å². The Morgan fingerprint density at radius 3 is 2.57 bits per heavy atom. The van der Waals surface area contributed by atoms with Gasteiger partial charge in [0.05, 0.1) is 13.1 Å². The molecule has 2 rings (SSSR count). The highest BCUT2D eigenvalue weighted by molar-refractivity contribution is 7.09. The molecule has 1 aromatic heterocycles. The lowest BCUT2D eigenvalue weighted by molar-refractivity contribution is -0.129. The third-order valence-corrected chi connectivity index (χ3v) is 4.03. The molecular weight excluding hydrogens is 317 g/mol. The maximum absolute atomic E-state index is 12.8. The lowest BCUT2D eigenvalue weighted by Crippen LogP contribution is -2.42. The molecule has 7 heteroatoms. The molecule has 1 heterocycles. The summed E-state index contributed by atoms with van der Waals surface area (Å²) in [7, 11) is 1.69. The van der Waals surface area contributed by atoms with Crippen molar-refractivity contribution >= 4 is 23.3 Å². The van der Waals surface area contributed by atoms with Crippen molar-refractivity contribution < 1.29 is 14.0 Å². The summed E-state index contributed by atoms with van der Waals surface area (Å²) in [5, 5.41) is 7.08. The Morgan fingerprint density at radius 1 is 1.17 bits per heavy atom. The van der Waals surface area contributed by atoms with Crippen LogP contribution in [0, 0.1) is 5.82 Å². The van der Waals surface area contributed by atoms with Gasteiger partial charge in [-0.15, -0.1) is 11.3 Å². The first-order valence-corrected chi connectivity index (χ1v) is 7.95. The minimum Gasteiger partial charge on any atom is -0.339 e. The first-order chi connectivity index (χ1) is 11.0. The van der Waals surface area contributed by atoms with Gasteiger partial charge in [0.25, 0.3) is 0 Å². The molecule has 0 radical (unpaired) electrons. The number of hydrogen-bond acceptors (Lipinski definition) is 3. The molecule has 0 atom stereocenters. The standard InChI is InChI=1S/C16H18FN3O2S/c1-20(11-14-3-2-8-23-14)15(21)10-19-16(22)18-9-12-4-6-13(17)7-5-12/h2-8H,9-11H2,1H3,(H2,18,19,22). The molecule has 0 aliphatic heterocycles. The van der Waals surface area contributed by atoms with E-state index >= 15 is 0 Å². The number of rotatable bonds is 6. The van der Waals surface area contributed by atoms with E-state index in [4.69, 9.17) is 0 Å². The zero-order chi connectivity index (χ0) is 16.7. The summed E-state index contributed by atoms with van der Waals surface area (Å²) < 4.78 is 12.8. The number of benzene rings is 1. The van der Waals surface area contributed by atoms with Crippen molar-refractivity contribution in [3.8, 4) is 0 Å². The summed E-state index contributed by atoms with van der Waals surface area (Å²) in [5.41, 5.74) is 0.780. The molecule has 0 spiro atoms. The molecule has 0 bridgehead atoms. The van der Waals surface area contributed by atoms with Crippen molar-refractivity contribution in [3.63, 3.8) is 0 Å². The molecule has 0 aliphatic rings. The van der Waals surface area contributed by atoms with Crippen LogP contribution >= 0.6 is 11.3 Å². The van der Waals surface area contributed by atoms with Gasteiger partial charge in [0.1, 0.15) is 5.82 Å². The minimum atomic E-state index is -0.438. The van der Waals surface area contributed by atoms with Gasteiger partial charge in [-0.05, 0) is 29.1 Å². The smallest absolute Gasteiger partial charge is 0.315 e. The molecule has 0 unspecified atom stereocenters. The van der Waals surface area contributed by atoms with Crippen LogP contribution in [0.1, 0.15) is 10.4 Å². The first kappa shape index (κ1) is 17.0. The lowest BCUT2D eigenvalue weighted by atomic mass is 10.2. The van der Waals surface area contributed by atoms with Gasteiger partial charge in [-0.3, -0.25) is 4.79 Å². The summed E-state index contributed by atoms with van der Waals surface area (Å²) in [6.07, 6.45) is 0. The Hall–Kier alpha value is -2.41. The summed E-state index contributed by atoms with van der Waals surface area (Å²) in [6, 6.07) is 9.30. The van der Waals surface area contributed by atoms with E-state index in [9.17, 15) is 14.0 Å². The maximum atomic E-state index is 12.8. The molecule has 0 aliphatic carbocycles. The van der Waals surface area contributed by atoms with Crippen LogP contribution in [-0.2, 0) is 17.9 Å². The summed E-state index contributed by atoms with van der Waals surface area (Å²) >= 11 is 1.58. The highest BCUT2D eigenvalue weighted by Gasteiger charge is 2.11. The number of nitrogens with one attached hydrogen (secondary N) is 2. The third-order valence-electron chi connectivity index (χ3n) is 3.17. The van der Waals surface area contributed by atoms with E-state index in [2.05, 4.69) is 10.6 Å². The Morgan fingerprint density at radius 2 is 1.91 bits per heavy atom. The van der Waals surface area contributed by atoms with E-state index in [-0.39, 0.29) is 24.8 Å². The van der Waals surface area contributed by atoms with Gasteiger partial charge < -0.3 is 15.5 Å². The molecule has 0 saturated carbocycles. The summed E-state index contributed by atoms with van der Waals surface area (Å²) in [6.45, 7) is 0.720. The quantitative estimate of drug-likeness (QED) is 0.851. The Balaban J connectivity index is 1.69. The van der Waals surface area contributed by atoms with E-state index in [1.807, 2.05) is 17.5 Å². The second-order valence-electron chi connectivity index (χ2n) is 4.99. The fraction of sp³-hybridized carbons (Fsp3) is 0.250. The molecule has 5 nitrogen and oxygen atoms in total. The number of thiophene rings is 1. The first-order valence-electron chi connectivity index (χ1n) is 7.07. The van der Waals surface area contributed by atoms with Crippen LogP contribution in [-0.4, -0.2) is 30.4 Å². The SMILES string of the molecule is CN(Cc1cccs1)C(=O)CNC(=O)NCc1ccc(F)cc1. The van der Waals surface area contributed by atoms with Crippen LogP contribution in [0.15, 0.2) is 41.8 Å². The molecule has 1 aromatic carbocycles. The average molecular weight is 335 g/mol. The Bertz CT molecular complexity index is 644. The molecule has 23 heavy (non-hydrogen) atoms. The zero-order valence-corrected chi connectivity index (χ0v) is 13.5. The van der Waals surface area contributed by atoms with Crippen LogP contribution in [0.5, 0.6) is 0 Å². The highest BCUT2D eigenvalue weighted by Crippen LogP contribution is 2.10. The maximum Gasteiger partial charge on any atom is 0.315 e. The third kappa shape index (κ3) is 5.71. The van der Waals surface area contributed by atoms with E-state index in [0.29, 0.717) is 6.54 Å². The number of carbonyl (C=O) groups excluding carboxylic acids is 2. The minimum absolute atomic E-state index is 0.0723. The molecule has 122 valence electrons. The second kappa shape index (κ2) is 8.28. The largest absolute Gasteiger partial charge is 0.339 e. The van der Waals surface area contributed by atoms with Gasteiger partial charge in [0.15, 0.2) is 0 Å². The van der Waals surface area contributed by atoms with Crippen molar-refractivity contribution in [2.75, 3.05) is 13.6 Å². The van der Waals surface area contributed by atoms with Crippen LogP contribution in [0.25, 0.3) is 0 Å². The fourth-order valence-corrected chi connectivity index (χ4v) is 2.62. The molecule has 2 N–H and O–H groups in total. The summed E-state index contributed by atoms with van der Waals surface area (Å²) in [4.78, 5) is 26.2. The number of nitrogens with zero attached hydrogens (tertiary/aromatic N) is 1. The van der Waals surface area contributed by atoms with Gasteiger partial charge in [0, 0.05) is 18.5 Å². The number of urea groups is 1. The van der Waals surface area contributed by atoms with Crippen LogP contribution in [0.3, 0.4) is 0 Å². The van der Waals surface area contributed by atoms with Gasteiger partial charge in [-0.1, -0.05) is 18.2 Å². The number of hydrogen-bond donors (Lipinski definition) is 2. The van der Waals surface area contributed by atoms with Gasteiger partial charge in [-0.2, -0.15) is 0 Å². The summed E-state index contributed by atoms with van der Waals surface area (Å²) in [5.74, 6) is -0.493. The molecule has 3 amide bonds. The van der Waals surface area contributed by atoms with E-state index in [1.165, 1.54) is 12.1 Å². The number of amides is 3. The number of likely N-dealkylation sites (N-methyl/N-ethyl adjacent to an activating group) is 1. The van der Waals surface area contributed by atoms with Crippen molar-refractivity contribution in [3.05, 3.63) is 58.0 Å². The van der Waals surface area contributed by atoms with E-state index in [0.717, 1.165) is 10.4 Å². The number of halogens is 1. The normalized spacial score (nSPS) is 10.2. The van der Waals surface area contributed by atoms with Gasteiger partial charge >= 0.3 is 6.03 Å². The van der Waals surface area contributed by atoms with E-state index < -0.39 is 6.03 Å². The molecular formula is C16H18FN3O2S. The molecule has 0 saturated heterocycles. The lowest BCUT2D eigenvalue weighted by Gasteiger charge is -2.16. The van der Waals surface area contributed by atoms with Crippen LogP contribution < -0.4 is 10.6 Å². The molecule has 0 fully saturated rings. The van der Waals surface area contributed by atoms with Crippen molar-refractivity contribution in [2.24, 2.45) is 0 Å². The fourth-order valence-electron chi connectivity index (χ4n) is 1.86. The Labute approximate surface area is 138 Å². The zero-order valence-electron chi connectivity index (χ0n) is 12.7. The van der Waals surface area contributed by atoms with Crippen molar-refractivity contribution in [2.45, 2.75) is 13.1 Å². The van der Waals surface area contributed by atoms with Crippen LogP contribution in [0.2, 0.25) is 0 Å². The second-order valence-corrected chi connectivity index (χ2v) is 6.02. The van der Waals surface area contributed by atoms with Crippen LogP contribution in [0.4, 0.5) is 9.18 Å². The van der Waals surface area contributed by atoms with E-state index in [1.54, 1.807) is 35.4 Å².